The molecule has 0 aromatic heterocycles. The summed E-state index contributed by atoms with van der Waals surface area (Å²) in [5.41, 5.74) is -5.45. The first kappa shape index (κ1) is 18.0. The van der Waals surface area contributed by atoms with E-state index in [0.29, 0.717) is 0 Å². The molecule has 0 heterocycles. The Morgan fingerprint density at radius 3 is 2.50 bits per heavy atom. The molecule has 122 valence electrons. The van der Waals surface area contributed by atoms with Crippen molar-refractivity contribution in [3.05, 3.63) is 36.4 Å². The Bertz CT molecular complexity index is 665. The molecule has 0 bridgehead atoms. The molecule has 0 radical (unpaired) electrons. The fourth-order valence-corrected chi connectivity index (χ4v) is 1.88. The van der Waals surface area contributed by atoms with Gasteiger partial charge in [-0.05, 0) is 24.6 Å². The molecule has 1 aromatic carbocycles. The molecule has 0 saturated heterocycles. The second-order valence-electron chi connectivity index (χ2n) is 4.07. The number of alkyl halides is 3. The number of hydrogen-bond donors (Lipinski definition) is 0. The third-order valence-corrected chi connectivity index (χ3v) is 3.37. The van der Waals surface area contributed by atoms with Gasteiger partial charge in [0.15, 0.2) is 0 Å². The number of esters is 1. The molecule has 0 atom stereocenters. The number of benzene rings is 1. The molecule has 1 rings (SSSR count). The van der Waals surface area contributed by atoms with Crippen LogP contribution in [-0.2, 0) is 21.3 Å². The molecule has 22 heavy (non-hydrogen) atoms. The number of ether oxygens (including phenoxy) is 1. The zero-order valence-corrected chi connectivity index (χ0v) is 12.3. The molecule has 0 N–H and O–H groups in total. The normalized spacial score (nSPS) is 11.8. The van der Waals surface area contributed by atoms with E-state index in [1.165, 1.54) is 12.1 Å². The van der Waals surface area contributed by atoms with E-state index in [9.17, 15) is 26.4 Å². The molecule has 0 saturated carbocycles. The van der Waals surface area contributed by atoms with Gasteiger partial charge in [-0.15, -0.1) is 6.58 Å². The van der Waals surface area contributed by atoms with Crippen molar-refractivity contribution in [1.29, 1.82) is 0 Å². The Hall–Kier alpha value is -2.03. The number of carbonyl (C=O) groups is 1. The zero-order chi connectivity index (χ0) is 17.0. The van der Waals surface area contributed by atoms with Crippen molar-refractivity contribution in [3.8, 4) is 11.5 Å². The highest BCUT2D eigenvalue weighted by Gasteiger charge is 2.48. The summed E-state index contributed by atoms with van der Waals surface area (Å²) in [5, 5.41) is 0. The molecule has 0 aliphatic heterocycles. The van der Waals surface area contributed by atoms with Gasteiger partial charge in [-0.3, -0.25) is 4.79 Å². The first-order chi connectivity index (χ1) is 10.1. The van der Waals surface area contributed by atoms with Crippen molar-refractivity contribution in [2.45, 2.75) is 25.3 Å². The van der Waals surface area contributed by atoms with Crippen molar-refractivity contribution in [1.82, 2.24) is 0 Å². The third-order valence-electron chi connectivity index (χ3n) is 2.40. The molecule has 9 heteroatoms. The van der Waals surface area contributed by atoms with Crippen LogP contribution < -0.4 is 8.92 Å². The Morgan fingerprint density at radius 1 is 1.36 bits per heavy atom. The van der Waals surface area contributed by atoms with Crippen molar-refractivity contribution >= 4 is 16.1 Å². The fourth-order valence-electron chi connectivity index (χ4n) is 1.38. The monoisotopic (exact) mass is 338 g/mol. The molecular weight excluding hydrogens is 325 g/mol. The average molecular weight is 338 g/mol. The van der Waals surface area contributed by atoms with E-state index in [0.717, 1.165) is 12.1 Å². The van der Waals surface area contributed by atoms with E-state index in [1.807, 2.05) is 0 Å². The number of halogens is 3. The van der Waals surface area contributed by atoms with Crippen LogP contribution >= 0.6 is 0 Å². The Morgan fingerprint density at radius 2 is 2.00 bits per heavy atom. The lowest BCUT2D eigenvalue weighted by atomic mass is 10.1. The van der Waals surface area contributed by atoms with E-state index in [1.54, 1.807) is 6.92 Å². The van der Waals surface area contributed by atoms with Crippen molar-refractivity contribution in [2.75, 3.05) is 0 Å². The van der Waals surface area contributed by atoms with Crippen LogP contribution in [0.2, 0.25) is 0 Å². The van der Waals surface area contributed by atoms with Crippen LogP contribution in [0, 0.1) is 0 Å². The Kier molecular flexibility index (Phi) is 5.59. The summed E-state index contributed by atoms with van der Waals surface area (Å²) >= 11 is 0. The van der Waals surface area contributed by atoms with E-state index < -0.39 is 27.3 Å². The lowest BCUT2D eigenvalue weighted by Crippen LogP contribution is -2.28. The minimum atomic E-state index is -5.77. The van der Waals surface area contributed by atoms with E-state index in [-0.39, 0.29) is 24.2 Å². The summed E-state index contributed by atoms with van der Waals surface area (Å²) in [6, 6.07) is 3.35. The SMILES string of the molecule is C=CCc1cc(OC(=O)CC)ccc1OS(=O)(=O)C(F)(F)F. The fraction of sp³-hybridized carbons (Fsp3) is 0.308. The summed E-state index contributed by atoms with van der Waals surface area (Å²) in [5.74, 6) is -0.977. The highest BCUT2D eigenvalue weighted by atomic mass is 32.2. The number of allylic oxidation sites excluding steroid dienone is 1. The first-order valence-corrected chi connectivity index (χ1v) is 7.46. The highest BCUT2D eigenvalue weighted by molar-refractivity contribution is 7.88. The summed E-state index contributed by atoms with van der Waals surface area (Å²) < 4.78 is 68.0. The van der Waals surface area contributed by atoms with E-state index in [2.05, 4.69) is 10.8 Å². The number of carbonyl (C=O) groups excluding carboxylic acids is 1. The van der Waals surface area contributed by atoms with Gasteiger partial charge in [-0.2, -0.15) is 21.6 Å². The Labute approximate surface area is 125 Å². The molecule has 1 aromatic rings. The second kappa shape index (κ2) is 6.82. The molecule has 0 aliphatic carbocycles. The van der Waals surface area contributed by atoms with Gasteiger partial charge in [-0.1, -0.05) is 13.0 Å². The quantitative estimate of drug-likeness (QED) is 0.262. The van der Waals surface area contributed by atoms with Crippen LogP contribution in [0.3, 0.4) is 0 Å². The maximum absolute atomic E-state index is 12.3. The minimum Gasteiger partial charge on any atom is -0.427 e. The summed E-state index contributed by atoms with van der Waals surface area (Å²) in [6.45, 7) is 4.98. The molecule has 0 fully saturated rings. The minimum absolute atomic E-state index is 0.0280. The molecule has 5 nitrogen and oxygen atoms in total. The number of hydrogen-bond acceptors (Lipinski definition) is 5. The standard InChI is InChI=1S/C13H13F3O5S/c1-3-5-9-8-10(20-12(17)4-2)6-7-11(9)21-22(18,19)13(14,15)16/h3,6-8H,1,4-5H2,2H3. The predicted octanol–water partition coefficient (Wildman–Crippen LogP) is 2.96. The second-order valence-corrected chi connectivity index (χ2v) is 5.61. The van der Waals surface area contributed by atoms with Crippen molar-refractivity contribution in [2.24, 2.45) is 0 Å². The first-order valence-electron chi connectivity index (χ1n) is 6.06. The average Bonchev–Trinajstić information content (AvgIpc) is 2.40. The lowest BCUT2D eigenvalue weighted by Gasteiger charge is -2.13. The van der Waals surface area contributed by atoms with Gasteiger partial charge < -0.3 is 8.92 Å². The van der Waals surface area contributed by atoms with Crippen LogP contribution in [-0.4, -0.2) is 19.9 Å². The predicted molar refractivity (Wildman–Crippen MR) is 71.9 cm³/mol. The summed E-state index contributed by atoms with van der Waals surface area (Å²) in [6.07, 6.45) is 1.48. The van der Waals surface area contributed by atoms with Crippen LogP contribution in [0.4, 0.5) is 13.2 Å². The topological polar surface area (TPSA) is 69.7 Å². The van der Waals surface area contributed by atoms with Crippen LogP contribution in [0.15, 0.2) is 30.9 Å². The lowest BCUT2D eigenvalue weighted by molar-refractivity contribution is -0.134. The Balaban J connectivity index is 3.15. The smallest absolute Gasteiger partial charge is 0.427 e. The maximum Gasteiger partial charge on any atom is 0.534 e. The highest BCUT2D eigenvalue weighted by Crippen LogP contribution is 2.31. The summed E-state index contributed by atoms with van der Waals surface area (Å²) in [7, 11) is -5.77. The molecule has 0 aliphatic rings. The van der Waals surface area contributed by atoms with Gasteiger partial charge in [0.2, 0.25) is 0 Å². The molecule has 0 spiro atoms. The van der Waals surface area contributed by atoms with Gasteiger partial charge in [-0.25, -0.2) is 0 Å². The molecular formula is C13H13F3O5S. The third kappa shape index (κ3) is 4.48. The van der Waals surface area contributed by atoms with Crippen LogP contribution in [0.25, 0.3) is 0 Å². The van der Waals surface area contributed by atoms with Gasteiger partial charge in [0, 0.05) is 12.0 Å². The van der Waals surface area contributed by atoms with Crippen molar-refractivity contribution in [3.63, 3.8) is 0 Å². The van der Waals surface area contributed by atoms with Gasteiger partial charge in [0.1, 0.15) is 11.5 Å². The van der Waals surface area contributed by atoms with E-state index >= 15 is 0 Å². The van der Waals surface area contributed by atoms with Crippen LogP contribution in [0.1, 0.15) is 18.9 Å². The number of rotatable bonds is 6. The maximum atomic E-state index is 12.3. The molecule has 0 amide bonds. The van der Waals surface area contributed by atoms with Gasteiger partial charge in [0.05, 0.1) is 0 Å². The van der Waals surface area contributed by atoms with E-state index in [4.69, 9.17) is 4.74 Å². The van der Waals surface area contributed by atoms with Gasteiger partial charge >= 0.3 is 21.6 Å². The zero-order valence-electron chi connectivity index (χ0n) is 11.5. The van der Waals surface area contributed by atoms with Crippen LogP contribution in [0.5, 0.6) is 11.5 Å². The summed E-state index contributed by atoms with van der Waals surface area (Å²) in [4.78, 5) is 11.2. The van der Waals surface area contributed by atoms with Gasteiger partial charge in [0.25, 0.3) is 0 Å². The largest absolute Gasteiger partial charge is 0.534 e. The van der Waals surface area contributed by atoms with Crippen molar-refractivity contribution < 1.29 is 35.3 Å². The molecule has 0 unspecified atom stereocenters.